The van der Waals surface area contributed by atoms with Gasteiger partial charge in [-0.15, -0.1) is 0 Å². The van der Waals surface area contributed by atoms with E-state index >= 15 is 0 Å². The van der Waals surface area contributed by atoms with Crippen molar-refractivity contribution in [2.24, 2.45) is 0 Å². The van der Waals surface area contributed by atoms with E-state index in [4.69, 9.17) is 4.74 Å². The number of carbonyl (C=O) groups excluding carboxylic acids is 1. The van der Waals surface area contributed by atoms with Gasteiger partial charge in [-0.2, -0.15) is 0 Å². The van der Waals surface area contributed by atoms with Crippen molar-refractivity contribution < 1.29 is 17.9 Å². The molecule has 0 bridgehead atoms. The largest absolute Gasteiger partial charge is 0.466 e. The lowest BCUT2D eigenvalue weighted by Gasteiger charge is -2.03. The van der Waals surface area contributed by atoms with Gasteiger partial charge in [-0.25, -0.2) is 8.42 Å². The molecule has 0 aliphatic carbocycles. The van der Waals surface area contributed by atoms with Gasteiger partial charge in [-0.3, -0.25) is 4.79 Å². The third-order valence-electron chi connectivity index (χ3n) is 1.68. The molecule has 90 valence electrons. The van der Waals surface area contributed by atoms with Crippen molar-refractivity contribution in [2.45, 2.75) is 19.8 Å². The average molecular weight is 237 g/mol. The van der Waals surface area contributed by atoms with Gasteiger partial charge in [0.2, 0.25) is 0 Å². The van der Waals surface area contributed by atoms with E-state index < -0.39 is 9.84 Å². The lowest BCUT2D eigenvalue weighted by Crippen LogP contribution is -2.22. The molecule has 0 atom stereocenters. The number of esters is 1. The van der Waals surface area contributed by atoms with Crippen LogP contribution in [0.5, 0.6) is 0 Å². The van der Waals surface area contributed by atoms with Gasteiger partial charge in [0.15, 0.2) is 0 Å². The first-order chi connectivity index (χ1) is 6.95. The summed E-state index contributed by atoms with van der Waals surface area (Å²) in [6.07, 6.45) is 2.11. The molecule has 0 unspecified atom stereocenters. The zero-order valence-corrected chi connectivity index (χ0v) is 10.1. The molecule has 0 radical (unpaired) electrons. The molecule has 0 heterocycles. The maximum atomic E-state index is 10.9. The van der Waals surface area contributed by atoms with Crippen LogP contribution in [-0.2, 0) is 19.4 Å². The lowest BCUT2D eigenvalue weighted by atomic mass is 10.4. The number of ether oxygens (including phenoxy) is 1. The van der Waals surface area contributed by atoms with Crippen LogP contribution in [0.2, 0.25) is 0 Å². The molecule has 15 heavy (non-hydrogen) atoms. The second-order valence-corrected chi connectivity index (χ2v) is 5.55. The number of sulfone groups is 1. The highest BCUT2D eigenvalue weighted by Gasteiger charge is 2.02. The second-order valence-electron chi connectivity index (χ2n) is 3.29. The Kier molecular flexibility index (Phi) is 7.33. The monoisotopic (exact) mass is 237 g/mol. The van der Waals surface area contributed by atoms with Crippen LogP contribution in [0.3, 0.4) is 0 Å². The maximum Gasteiger partial charge on any atom is 0.307 e. The van der Waals surface area contributed by atoms with Crippen molar-refractivity contribution >= 4 is 15.8 Å². The van der Waals surface area contributed by atoms with E-state index in [-0.39, 0.29) is 11.7 Å². The molecule has 0 spiro atoms. The molecule has 0 aromatic rings. The molecular formula is C9H19NO4S. The van der Waals surface area contributed by atoms with Crippen LogP contribution in [-0.4, -0.2) is 46.1 Å². The van der Waals surface area contributed by atoms with Gasteiger partial charge < -0.3 is 10.1 Å². The molecule has 0 aromatic carbocycles. The Morgan fingerprint density at radius 2 is 2.00 bits per heavy atom. The molecule has 0 saturated heterocycles. The van der Waals surface area contributed by atoms with E-state index in [1.54, 1.807) is 6.92 Å². The van der Waals surface area contributed by atoms with E-state index in [2.05, 4.69) is 5.32 Å². The lowest BCUT2D eigenvalue weighted by molar-refractivity contribution is -0.142. The van der Waals surface area contributed by atoms with E-state index in [0.717, 1.165) is 0 Å². The highest BCUT2D eigenvalue weighted by Crippen LogP contribution is 1.88. The maximum absolute atomic E-state index is 10.9. The highest BCUT2D eigenvalue weighted by atomic mass is 32.2. The fourth-order valence-corrected chi connectivity index (χ4v) is 1.68. The Morgan fingerprint density at radius 1 is 1.33 bits per heavy atom. The first-order valence-corrected chi connectivity index (χ1v) is 7.06. The van der Waals surface area contributed by atoms with E-state index in [0.29, 0.717) is 32.5 Å². The normalized spacial score (nSPS) is 11.3. The van der Waals surface area contributed by atoms with Gasteiger partial charge in [0.25, 0.3) is 0 Å². The van der Waals surface area contributed by atoms with E-state index in [1.165, 1.54) is 6.26 Å². The third-order valence-corrected chi connectivity index (χ3v) is 2.71. The predicted molar refractivity (Wildman–Crippen MR) is 58.4 cm³/mol. The van der Waals surface area contributed by atoms with Crippen LogP contribution in [0.1, 0.15) is 19.8 Å². The Balaban J connectivity index is 3.29. The first-order valence-electron chi connectivity index (χ1n) is 4.99. The molecule has 0 aromatic heterocycles. The molecule has 6 heteroatoms. The zero-order valence-electron chi connectivity index (χ0n) is 9.28. The topological polar surface area (TPSA) is 72.5 Å². The summed E-state index contributed by atoms with van der Waals surface area (Å²) in [6.45, 7) is 3.29. The fraction of sp³-hybridized carbons (Fsp3) is 0.889. The minimum absolute atomic E-state index is 0.180. The van der Waals surface area contributed by atoms with Gasteiger partial charge in [-0.05, 0) is 19.9 Å². The van der Waals surface area contributed by atoms with Crippen LogP contribution >= 0.6 is 0 Å². The molecule has 5 nitrogen and oxygen atoms in total. The number of hydrogen-bond acceptors (Lipinski definition) is 5. The predicted octanol–water partition coefficient (Wildman–Crippen LogP) is -0.0361. The number of rotatable bonds is 8. The van der Waals surface area contributed by atoms with Gasteiger partial charge in [0.05, 0.1) is 18.8 Å². The Hall–Kier alpha value is -0.620. The Morgan fingerprint density at radius 3 is 2.53 bits per heavy atom. The van der Waals surface area contributed by atoms with Crippen LogP contribution in [0, 0.1) is 0 Å². The van der Waals surface area contributed by atoms with E-state index in [9.17, 15) is 13.2 Å². The van der Waals surface area contributed by atoms with Crippen LogP contribution < -0.4 is 5.32 Å². The van der Waals surface area contributed by atoms with Crippen LogP contribution in [0.25, 0.3) is 0 Å². The molecule has 0 fully saturated rings. The summed E-state index contributed by atoms with van der Waals surface area (Å²) in [5, 5.41) is 2.98. The SMILES string of the molecule is CCOC(=O)CCNCCCS(C)(=O)=O. The van der Waals surface area contributed by atoms with Crippen molar-refractivity contribution in [1.29, 1.82) is 0 Å². The van der Waals surface area contributed by atoms with Crippen molar-refractivity contribution in [2.75, 3.05) is 31.7 Å². The first kappa shape index (κ1) is 14.4. The second kappa shape index (κ2) is 7.64. The molecule has 1 N–H and O–H groups in total. The summed E-state index contributed by atoms with van der Waals surface area (Å²) >= 11 is 0. The summed E-state index contributed by atoms with van der Waals surface area (Å²) in [4.78, 5) is 10.9. The van der Waals surface area contributed by atoms with Crippen LogP contribution in [0.15, 0.2) is 0 Å². The summed E-state index contributed by atoms with van der Waals surface area (Å²) in [5.41, 5.74) is 0. The summed E-state index contributed by atoms with van der Waals surface area (Å²) < 4.78 is 26.2. The minimum atomic E-state index is -2.87. The number of nitrogens with one attached hydrogen (secondary N) is 1. The molecule has 0 saturated carbocycles. The van der Waals surface area contributed by atoms with Crippen molar-refractivity contribution in [1.82, 2.24) is 5.32 Å². The standard InChI is InChI=1S/C9H19NO4S/c1-3-14-9(11)5-7-10-6-4-8-15(2,12)13/h10H,3-8H2,1-2H3. The van der Waals surface area contributed by atoms with Gasteiger partial charge in [0, 0.05) is 12.8 Å². The number of hydrogen-bond donors (Lipinski definition) is 1. The quantitative estimate of drug-likeness (QED) is 0.474. The van der Waals surface area contributed by atoms with Gasteiger partial charge >= 0.3 is 5.97 Å². The van der Waals surface area contributed by atoms with Crippen molar-refractivity contribution in [3.63, 3.8) is 0 Å². The van der Waals surface area contributed by atoms with Gasteiger partial charge in [0.1, 0.15) is 9.84 Å². The highest BCUT2D eigenvalue weighted by molar-refractivity contribution is 7.90. The summed E-state index contributed by atoms with van der Waals surface area (Å²) in [6, 6.07) is 0. The van der Waals surface area contributed by atoms with E-state index in [1.807, 2.05) is 0 Å². The van der Waals surface area contributed by atoms with Gasteiger partial charge in [-0.1, -0.05) is 0 Å². The van der Waals surface area contributed by atoms with Crippen LogP contribution in [0.4, 0.5) is 0 Å². The third kappa shape index (κ3) is 11.3. The molecule has 0 amide bonds. The fourth-order valence-electron chi connectivity index (χ4n) is 1.01. The van der Waals surface area contributed by atoms with Crippen molar-refractivity contribution in [3.05, 3.63) is 0 Å². The zero-order chi connectivity index (χ0) is 11.7. The smallest absolute Gasteiger partial charge is 0.307 e. The Bertz CT molecular complexity index is 274. The molecule has 0 aliphatic rings. The molecule has 0 aliphatic heterocycles. The number of carbonyl (C=O) groups is 1. The minimum Gasteiger partial charge on any atom is -0.466 e. The van der Waals surface area contributed by atoms with Crippen molar-refractivity contribution in [3.8, 4) is 0 Å². The average Bonchev–Trinajstić information content (AvgIpc) is 2.09. The summed E-state index contributed by atoms with van der Waals surface area (Å²) in [7, 11) is -2.87. The molecular weight excluding hydrogens is 218 g/mol. The molecule has 0 rings (SSSR count). The summed E-state index contributed by atoms with van der Waals surface area (Å²) in [5.74, 6) is -0.0486. The Labute approximate surface area is 91.1 Å².